The lowest BCUT2D eigenvalue weighted by Crippen LogP contribution is -2.23. The zero-order valence-electron chi connectivity index (χ0n) is 9.85. The van der Waals surface area contributed by atoms with Gasteiger partial charge in [0.15, 0.2) is 0 Å². The molecule has 0 aliphatic rings. The van der Waals surface area contributed by atoms with Crippen molar-refractivity contribution in [2.45, 2.75) is 26.2 Å². The van der Waals surface area contributed by atoms with Gasteiger partial charge in [0.1, 0.15) is 0 Å². The average Bonchev–Trinajstić information content (AvgIpc) is 2.30. The molecule has 0 saturated heterocycles. The minimum atomic E-state index is -0.865. The Bertz CT molecular complexity index is 376. The molecule has 4 heteroatoms. The summed E-state index contributed by atoms with van der Waals surface area (Å²) in [4.78, 5) is 22.3. The third kappa shape index (κ3) is 4.68. The summed E-state index contributed by atoms with van der Waals surface area (Å²) in [5, 5.41) is 11.4. The number of amides is 1. The second-order valence-corrected chi connectivity index (χ2v) is 3.89. The number of carboxylic acids is 1. The molecule has 1 aromatic carbocycles. The lowest BCUT2D eigenvalue weighted by Gasteiger charge is -2.13. The third-order valence-electron chi connectivity index (χ3n) is 2.61. The van der Waals surface area contributed by atoms with Crippen molar-refractivity contribution in [2.75, 3.05) is 5.32 Å². The van der Waals surface area contributed by atoms with Gasteiger partial charge in [0.05, 0.1) is 0 Å². The molecule has 0 saturated carbocycles. The molecule has 0 spiro atoms. The van der Waals surface area contributed by atoms with Crippen LogP contribution in [0.15, 0.2) is 30.3 Å². The van der Waals surface area contributed by atoms with Gasteiger partial charge in [0.25, 0.3) is 0 Å². The maximum Gasteiger partial charge on any atom is 0.303 e. The van der Waals surface area contributed by atoms with Gasteiger partial charge in [-0.15, -0.1) is 0 Å². The number of carbonyl (C=O) groups excluding carboxylic acids is 1. The van der Waals surface area contributed by atoms with E-state index in [9.17, 15) is 9.59 Å². The lowest BCUT2D eigenvalue weighted by atomic mass is 9.99. The van der Waals surface area contributed by atoms with Crippen molar-refractivity contribution in [2.24, 2.45) is 5.92 Å². The number of aliphatic carboxylic acids is 1. The number of hydrogen-bond acceptors (Lipinski definition) is 2. The van der Waals surface area contributed by atoms with Gasteiger partial charge in [-0.25, -0.2) is 0 Å². The SMILES string of the molecule is CCC(CCC(=O)O)C(=O)Nc1ccccc1. The fourth-order valence-electron chi connectivity index (χ4n) is 1.58. The minimum absolute atomic E-state index is 0.0285. The van der Waals surface area contributed by atoms with E-state index in [-0.39, 0.29) is 18.2 Å². The molecule has 0 radical (unpaired) electrons. The Hall–Kier alpha value is -1.84. The maximum atomic E-state index is 11.9. The first-order valence-electron chi connectivity index (χ1n) is 5.71. The van der Waals surface area contributed by atoms with Crippen LogP contribution in [0.5, 0.6) is 0 Å². The normalized spacial score (nSPS) is 11.8. The van der Waals surface area contributed by atoms with Crippen LogP contribution < -0.4 is 5.32 Å². The van der Waals surface area contributed by atoms with Crippen LogP contribution in [0.2, 0.25) is 0 Å². The van der Waals surface area contributed by atoms with Gasteiger partial charge in [-0.1, -0.05) is 25.1 Å². The minimum Gasteiger partial charge on any atom is -0.481 e. The number of carboxylic acid groups (broad SMARTS) is 1. The van der Waals surface area contributed by atoms with E-state index >= 15 is 0 Å². The van der Waals surface area contributed by atoms with Gasteiger partial charge in [-0.3, -0.25) is 9.59 Å². The van der Waals surface area contributed by atoms with Crippen LogP contribution in [-0.2, 0) is 9.59 Å². The molecule has 1 unspecified atom stereocenters. The molecule has 0 bridgehead atoms. The van der Waals surface area contributed by atoms with E-state index in [1.165, 1.54) is 0 Å². The van der Waals surface area contributed by atoms with Crippen LogP contribution in [0.3, 0.4) is 0 Å². The van der Waals surface area contributed by atoms with Crippen LogP contribution >= 0.6 is 0 Å². The molecule has 1 amide bonds. The molecule has 0 fully saturated rings. The molecule has 1 atom stereocenters. The van der Waals surface area contributed by atoms with Crippen molar-refractivity contribution in [3.63, 3.8) is 0 Å². The highest BCUT2D eigenvalue weighted by Gasteiger charge is 2.17. The van der Waals surface area contributed by atoms with E-state index in [4.69, 9.17) is 5.11 Å². The average molecular weight is 235 g/mol. The first kappa shape index (κ1) is 13.2. The molecular formula is C13H17NO3. The smallest absolute Gasteiger partial charge is 0.303 e. The van der Waals surface area contributed by atoms with Gasteiger partial charge in [-0.05, 0) is 25.0 Å². The summed E-state index contributed by atoms with van der Waals surface area (Å²) in [6, 6.07) is 9.17. The summed E-state index contributed by atoms with van der Waals surface area (Å²) in [5.41, 5.74) is 0.742. The number of benzene rings is 1. The van der Waals surface area contributed by atoms with Crippen molar-refractivity contribution >= 4 is 17.6 Å². The van der Waals surface area contributed by atoms with Gasteiger partial charge < -0.3 is 10.4 Å². The third-order valence-corrected chi connectivity index (χ3v) is 2.61. The zero-order valence-corrected chi connectivity index (χ0v) is 9.85. The van der Waals surface area contributed by atoms with E-state index in [2.05, 4.69) is 5.32 Å². The van der Waals surface area contributed by atoms with Gasteiger partial charge >= 0.3 is 5.97 Å². The Morgan fingerprint density at radius 1 is 1.29 bits per heavy atom. The molecule has 17 heavy (non-hydrogen) atoms. The fourth-order valence-corrected chi connectivity index (χ4v) is 1.58. The Balaban J connectivity index is 2.52. The van der Waals surface area contributed by atoms with Gasteiger partial charge in [0, 0.05) is 18.0 Å². The highest BCUT2D eigenvalue weighted by atomic mass is 16.4. The highest BCUT2D eigenvalue weighted by Crippen LogP contribution is 2.14. The van der Waals surface area contributed by atoms with Crippen molar-refractivity contribution in [1.82, 2.24) is 0 Å². The number of anilines is 1. The standard InChI is InChI=1S/C13H17NO3/c1-2-10(8-9-12(15)16)13(17)14-11-6-4-3-5-7-11/h3-7,10H,2,8-9H2,1H3,(H,14,17)(H,15,16). The lowest BCUT2D eigenvalue weighted by molar-refractivity contribution is -0.137. The van der Waals surface area contributed by atoms with Crippen molar-refractivity contribution in [3.05, 3.63) is 30.3 Å². The van der Waals surface area contributed by atoms with E-state index < -0.39 is 5.97 Å². The summed E-state index contributed by atoms with van der Waals surface area (Å²) in [6.07, 6.45) is 1.05. The Morgan fingerprint density at radius 3 is 2.47 bits per heavy atom. The molecule has 4 nitrogen and oxygen atoms in total. The van der Waals surface area contributed by atoms with E-state index in [1.54, 1.807) is 0 Å². The predicted molar refractivity (Wildman–Crippen MR) is 65.7 cm³/mol. The Labute approximate surface area is 101 Å². The molecule has 1 rings (SSSR count). The second kappa shape index (κ2) is 6.68. The quantitative estimate of drug-likeness (QED) is 0.796. The summed E-state index contributed by atoms with van der Waals surface area (Å²) < 4.78 is 0. The maximum absolute atomic E-state index is 11.9. The van der Waals surface area contributed by atoms with E-state index in [0.717, 1.165) is 5.69 Å². The number of rotatable bonds is 6. The molecule has 92 valence electrons. The molecule has 1 aromatic rings. The first-order valence-corrected chi connectivity index (χ1v) is 5.71. The van der Waals surface area contributed by atoms with Crippen LogP contribution in [0.25, 0.3) is 0 Å². The Morgan fingerprint density at radius 2 is 1.94 bits per heavy atom. The monoisotopic (exact) mass is 235 g/mol. The second-order valence-electron chi connectivity index (χ2n) is 3.89. The largest absolute Gasteiger partial charge is 0.481 e. The van der Waals surface area contributed by atoms with Crippen LogP contribution in [0, 0.1) is 5.92 Å². The van der Waals surface area contributed by atoms with Crippen molar-refractivity contribution in [1.29, 1.82) is 0 Å². The molecule has 0 aliphatic carbocycles. The number of para-hydroxylation sites is 1. The highest BCUT2D eigenvalue weighted by molar-refractivity contribution is 5.92. The van der Waals surface area contributed by atoms with Gasteiger partial charge in [0.2, 0.25) is 5.91 Å². The van der Waals surface area contributed by atoms with Crippen LogP contribution in [0.4, 0.5) is 5.69 Å². The van der Waals surface area contributed by atoms with Crippen LogP contribution in [0.1, 0.15) is 26.2 Å². The Kier molecular flexibility index (Phi) is 5.20. The van der Waals surface area contributed by atoms with Crippen molar-refractivity contribution < 1.29 is 14.7 Å². The van der Waals surface area contributed by atoms with Gasteiger partial charge in [-0.2, -0.15) is 0 Å². The topological polar surface area (TPSA) is 66.4 Å². The summed E-state index contributed by atoms with van der Waals surface area (Å²) in [7, 11) is 0. The summed E-state index contributed by atoms with van der Waals surface area (Å²) in [5.74, 6) is -1.22. The number of carbonyl (C=O) groups is 2. The predicted octanol–water partition coefficient (Wildman–Crippen LogP) is 2.52. The van der Waals surface area contributed by atoms with Crippen LogP contribution in [-0.4, -0.2) is 17.0 Å². The van der Waals surface area contributed by atoms with E-state index in [0.29, 0.717) is 12.8 Å². The van der Waals surface area contributed by atoms with Crippen molar-refractivity contribution in [3.8, 4) is 0 Å². The zero-order chi connectivity index (χ0) is 12.7. The molecule has 0 aliphatic heterocycles. The molecule has 0 aromatic heterocycles. The molecule has 0 heterocycles. The summed E-state index contributed by atoms with van der Waals surface area (Å²) >= 11 is 0. The fraction of sp³-hybridized carbons (Fsp3) is 0.385. The van der Waals surface area contributed by atoms with E-state index in [1.807, 2.05) is 37.3 Å². The number of nitrogens with one attached hydrogen (secondary N) is 1. The first-order chi connectivity index (χ1) is 8.13. The molecular weight excluding hydrogens is 218 g/mol. The number of hydrogen-bond donors (Lipinski definition) is 2. The summed E-state index contributed by atoms with van der Waals surface area (Å²) in [6.45, 7) is 1.89. The molecule has 2 N–H and O–H groups in total.